The summed E-state index contributed by atoms with van der Waals surface area (Å²) in [7, 11) is 0. The van der Waals surface area contributed by atoms with Crippen molar-refractivity contribution in [3.8, 4) is 0 Å². The number of benzene rings is 2. The van der Waals surface area contributed by atoms with E-state index < -0.39 is 11.9 Å². The minimum Gasteiger partial charge on any atom is -0.273 e. The van der Waals surface area contributed by atoms with E-state index in [1.807, 2.05) is 49.4 Å². The molecule has 4 nitrogen and oxygen atoms in total. The maximum atomic E-state index is 12.4. The van der Waals surface area contributed by atoms with Crippen molar-refractivity contribution in [2.24, 2.45) is 0 Å². The van der Waals surface area contributed by atoms with E-state index in [4.69, 9.17) is 0 Å². The van der Waals surface area contributed by atoms with Gasteiger partial charge in [0.1, 0.15) is 0 Å². The average Bonchev–Trinajstić information content (AvgIpc) is 2.59. The molecule has 0 saturated heterocycles. The van der Waals surface area contributed by atoms with Crippen molar-refractivity contribution in [2.45, 2.75) is 38.0 Å². The second-order valence-corrected chi connectivity index (χ2v) is 7.78. The van der Waals surface area contributed by atoms with Crippen LogP contribution in [-0.2, 0) is 5.41 Å². The number of urea groups is 1. The summed E-state index contributed by atoms with van der Waals surface area (Å²) in [5.74, 6) is -0.391. The van der Waals surface area contributed by atoms with Crippen molar-refractivity contribution < 1.29 is 9.59 Å². The third-order valence-corrected chi connectivity index (χ3v) is 4.83. The summed E-state index contributed by atoms with van der Waals surface area (Å²) < 4.78 is 1.52. The van der Waals surface area contributed by atoms with Crippen LogP contribution in [0, 0.1) is 0 Å². The monoisotopic (exact) mass is 356 g/mol. The van der Waals surface area contributed by atoms with E-state index in [0.717, 1.165) is 10.5 Å². The maximum Gasteiger partial charge on any atom is 0.334 e. The van der Waals surface area contributed by atoms with Gasteiger partial charge in [-0.25, -0.2) is 4.79 Å². The van der Waals surface area contributed by atoms with Gasteiger partial charge in [0.25, 0.3) is 5.91 Å². The zero-order valence-electron chi connectivity index (χ0n) is 15.1. The van der Waals surface area contributed by atoms with Crippen LogP contribution in [0.2, 0.25) is 0 Å². The zero-order chi connectivity index (χ0) is 18.4. The summed E-state index contributed by atoms with van der Waals surface area (Å²) in [5.41, 5.74) is 1.64. The fourth-order valence-corrected chi connectivity index (χ4v) is 3.00. The van der Waals surface area contributed by atoms with Crippen LogP contribution in [0.1, 0.15) is 43.6 Å². The van der Waals surface area contributed by atoms with Gasteiger partial charge in [0.15, 0.2) is 0 Å². The molecule has 0 aliphatic carbocycles. The maximum absolute atomic E-state index is 12.4. The van der Waals surface area contributed by atoms with Crippen LogP contribution < -0.4 is 5.32 Å². The SMILES string of the molecule is CCN(Sc1ccccc1)C(=O)NC(=O)c1ccc(C(C)(C)C)cc1. The molecule has 0 bridgehead atoms. The smallest absolute Gasteiger partial charge is 0.273 e. The van der Waals surface area contributed by atoms with Crippen molar-refractivity contribution in [2.75, 3.05) is 6.54 Å². The van der Waals surface area contributed by atoms with Gasteiger partial charge in [-0.3, -0.25) is 14.4 Å². The molecular weight excluding hydrogens is 332 g/mol. The predicted octanol–water partition coefficient (Wildman–Crippen LogP) is 4.86. The molecule has 0 aliphatic rings. The summed E-state index contributed by atoms with van der Waals surface area (Å²) in [5, 5.41) is 2.45. The van der Waals surface area contributed by atoms with E-state index in [1.54, 1.807) is 12.1 Å². The van der Waals surface area contributed by atoms with E-state index in [2.05, 4.69) is 26.1 Å². The number of imide groups is 1. The van der Waals surface area contributed by atoms with Gasteiger partial charge < -0.3 is 0 Å². The third-order valence-electron chi connectivity index (χ3n) is 3.71. The van der Waals surface area contributed by atoms with Crippen molar-refractivity contribution in [1.82, 2.24) is 9.62 Å². The normalized spacial score (nSPS) is 11.0. The molecule has 25 heavy (non-hydrogen) atoms. The molecular formula is C20H24N2O2S. The number of hydrogen-bond acceptors (Lipinski definition) is 3. The predicted molar refractivity (Wildman–Crippen MR) is 103 cm³/mol. The Morgan fingerprint density at radius 2 is 1.60 bits per heavy atom. The Balaban J connectivity index is 2.02. The molecule has 0 saturated carbocycles. The fourth-order valence-electron chi connectivity index (χ4n) is 2.21. The lowest BCUT2D eigenvalue weighted by atomic mass is 9.87. The van der Waals surface area contributed by atoms with Crippen LogP contribution >= 0.6 is 11.9 Å². The van der Waals surface area contributed by atoms with Crippen LogP contribution in [-0.4, -0.2) is 22.8 Å². The van der Waals surface area contributed by atoms with Crippen LogP contribution in [0.15, 0.2) is 59.5 Å². The quantitative estimate of drug-likeness (QED) is 0.796. The summed E-state index contributed by atoms with van der Waals surface area (Å²) in [6.07, 6.45) is 0. The first-order valence-corrected chi connectivity index (χ1v) is 9.05. The van der Waals surface area contributed by atoms with E-state index in [1.165, 1.54) is 16.3 Å². The molecule has 0 aliphatic heterocycles. The minimum absolute atomic E-state index is 0.0240. The van der Waals surface area contributed by atoms with Gasteiger partial charge in [-0.2, -0.15) is 0 Å². The van der Waals surface area contributed by atoms with Crippen LogP contribution in [0.4, 0.5) is 4.79 Å². The van der Waals surface area contributed by atoms with Gasteiger partial charge in [0, 0.05) is 17.0 Å². The largest absolute Gasteiger partial charge is 0.334 e. The van der Waals surface area contributed by atoms with Gasteiger partial charge in [-0.1, -0.05) is 51.1 Å². The van der Waals surface area contributed by atoms with Crippen LogP contribution in [0.5, 0.6) is 0 Å². The molecule has 2 aromatic carbocycles. The average molecular weight is 356 g/mol. The summed E-state index contributed by atoms with van der Waals surface area (Å²) in [6.45, 7) is 8.71. The molecule has 3 amide bonds. The number of carbonyl (C=O) groups is 2. The Bertz CT molecular complexity index is 722. The molecule has 0 fully saturated rings. The highest BCUT2D eigenvalue weighted by atomic mass is 32.2. The highest BCUT2D eigenvalue weighted by Gasteiger charge is 2.18. The number of rotatable bonds is 4. The first kappa shape index (κ1) is 19.1. The third kappa shape index (κ3) is 5.36. The number of carbonyl (C=O) groups excluding carboxylic acids is 2. The van der Waals surface area contributed by atoms with Gasteiger partial charge in [0.2, 0.25) is 0 Å². The van der Waals surface area contributed by atoms with Crippen molar-refractivity contribution in [3.05, 3.63) is 65.7 Å². The lowest BCUT2D eigenvalue weighted by molar-refractivity contribution is 0.0960. The molecule has 0 heterocycles. The zero-order valence-corrected chi connectivity index (χ0v) is 15.9. The second-order valence-electron chi connectivity index (χ2n) is 6.69. The second kappa shape index (κ2) is 8.21. The van der Waals surface area contributed by atoms with E-state index in [9.17, 15) is 9.59 Å². The molecule has 2 aromatic rings. The van der Waals surface area contributed by atoms with E-state index in [0.29, 0.717) is 12.1 Å². The van der Waals surface area contributed by atoms with Gasteiger partial charge in [-0.15, -0.1) is 0 Å². The van der Waals surface area contributed by atoms with E-state index >= 15 is 0 Å². The number of hydrogen-bond donors (Lipinski definition) is 1. The van der Waals surface area contributed by atoms with Crippen molar-refractivity contribution in [1.29, 1.82) is 0 Å². The fraction of sp³-hybridized carbons (Fsp3) is 0.300. The van der Waals surface area contributed by atoms with Crippen molar-refractivity contribution >= 4 is 23.9 Å². The number of nitrogens with one attached hydrogen (secondary N) is 1. The highest BCUT2D eigenvalue weighted by molar-refractivity contribution is 7.97. The summed E-state index contributed by atoms with van der Waals surface area (Å²) in [4.78, 5) is 25.6. The Morgan fingerprint density at radius 3 is 2.12 bits per heavy atom. The highest BCUT2D eigenvalue weighted by Crippen LogP contribution is 2.23. The molecule has 132 valence electrons. The number of nitrogens with zero attached hydrogens (tertiary/aromatic N) is 1. The molecule has 2 rings (SSSR count). The molecule has 0 radical (unpaired) electrons. The lowest BCUT2D eigenvalue weighted by Gasteiger charge is -2.20. The molecule has 1 N–H and O–H groups in total. The molecule has 0 spiro atoms. The minimum atomic E-state index is -0.416. The van der Waals surface area contributed by atoms with Crippen LogP contribution in [0.3, 0.4) is 0 Å². The first-order chi connectivity index (χ1) is 11.8. The van der Waals surface area contributed by atoms with Gasteiger partial charge in [0.05, 0.1) is 0 Å². The topological polar surface area (TPSA) is 49.4 Å². The van der Waals surface area contributed by atoms with E-state index in [-0.39, 0.29) is 5.41 Å². The molecule has 5 heteroatoms. The Labute approximate surface area is 153 Å². The standard InChI is InChI=1S/C20H24N2O2S/c1-5-22(25-17-9-7-6-8-10-17)19(24)21-18(23)15-11-13-16(14-12-15)20(2,3)4/h6-14H,5H2,1-4H3,(H,21,23,24). The number of amides is 3. The molecule has 0 atom stereocenters. The van der Waals surface area contributed by atoms with Gasteiger partial charge in [-0.05, 0) is 54.1 Å². The Morgan fingerprint density at radius 1 is 1.00 bits per heavy atom. The Hall–Kier alpha value is -2.27. The molecule has 0 aromatic heterocycles. The summed E-state index contributed by atoms with van der Waals surface area (Å²) >= 11 is 1.31. The van der Waals surface area contributed by atoms with Gasteiger partial charge >= 0.3 is 6.03 Å². The molecule has 0 unspecified atom stereocenters. The first-order valence-electron chi connectivity index (χ1n) is 8.27. The Kier molecular flexibility index (Phi) is 6.26. The van der Waals surface area contributed by atoms with Crippen LogP contribution in [0.25, 0.3) is 0 Å². The lowest BCUT2D eigenvalue weighted by Crippen LogP contribution is -2.39. The van der Waals surface area contributed by atoms with Crippen molar-refractivity contribution in [3.63, 3.8) is 0 Å². The summed E-state index contributed by atoms with van der Waals surface area (Å²) in [6, 6.07) is 16.5.